The maximum Gasteiger partial charge on any atom is 0.108 e. The van der Waals surface area contributed by atoms with Gasteiger partial charge in [-0.3, -0.25) is 0 Å². The van der Waals surface area contributed by atoms with Crippen molar-refractivity contribution < 1.29 is 44.1 Å². The van der Waals surface area contributed by atoms with E-state index in [0.29, 0.717) is 13.2 Å². The van der Waals surface area contributed by atoms with Crippen LogP contribution < -0.4 is 0 Å². The van der Waals surface area contributed by atoms with Crippen LogP contribution >= 0.6 is 0 Å². The van der Waals surface area contributed by atoms with Gasteiger partial charge in [-0.05, 0) is 6.42 Å². The number of ether oxygens (including phenoxy) is 5. The molecule has 4 N–H and O–H groups in total. The first kappa shape index (κ1) is 21.4. The number of rotatable bonds is 8. The van der Waals surface area contributed by atoms with Gasteiger partial charge >= 0.3 is 0 Å². The Morgan fingerprint density at radius 2 is 1.63 bits per heavy atom. The van der Waals surface area contributed by atoms with Crippen molar-refractivity contribution in [3.8, 4) is 0 Å². The lowest BCUT2D eigenvalue weighted by Crippen LogP contribution is -2.58. The molecule has 3 saturated heterocycles. The summed E-state index contributed by atoms with van der Waals surface area (Å²) in [5.74, 6) is -0.656. The van der Waals surface area contributed by atoms with Crippen LogP contribution in [0.25, 0.3) is 0 Å². The lowest BCUT2D eigenvalue weighted by atomic mass is 9.86. The SMILES string of the molecule is CC[C@@H]1OC2COC(C1O)[C@@H]2COC[C@@H]1OC(CO)[C@H](O)[C@@H](COC)C1O. The van der Waals surface area contributed by atoms with Gasteiger partial charge in [0, 0.05) is 18.9 Å². The van der Waals surface area contributed by atoms with Gasteiger partial charge in [0.1, 0.15) is 18.3 Å². The first-order valence-corrected chi connectivity index (χ1v) is 9.66. The Hall–Kier alpha value is -0.360. The van der Waals surface area contributed by atoms with E-state index in [1.165, 1.54) is 7.11 Å². The minimum absolute atomic E-state index is 0.0856. The van der Waals surface area contributed by atoms with Gasteiger partial charge in [0.25, 0.3) is 0 Å². The van der Waals surface area contributed by atoms with E-state index in [2.05, 4.69) is 0 Å². The second-order valence-corrected chi connectivity index (χ2v) is 7.61. The Kier molecular flexibility index (Phi) is 7.45. The van der Waals surface area contributed by atoms with Crippen LogP contribution in [-0.2, 0) is 23.7 Å². The molecule has 3 aliphatic rings. The number of aliphatic hydroxyl groups is 4. The van der Waals surface area contributed by atoms with E-state index in [1.807, 2.05) is 6.92 Å². The third kappa shape index (κ3) is 4.31. The Labute approximate surface area is 159 Å². The van der Waals surface area contributed by atoms with Crippen LogP contribution in [0.2, 0.25) is 0 Å². The van der Waals surface area contributed by atoms with E-state index in [9.17, 15) is 20.4 Å². The standard InChI is InChI=1S/C18H32O9/c1-3-11-17(22)18-9(13(26-11)8-25-18)6-24-7-14-16(21)10(5-23-2)15(20)12(4-19)27-14/h9-22H,3-8H2,1-2H3/t9-,10-,11+,12?,13?,14+,15-,16?,17?,18?/m1/s1. The fourth-order valence-electron chi connectivity index (χ4n) is 4.35. The first-order valence-electron chi connectivity index (χ1n) is 9.66. The van der Waals surface area contributed by atoms with Crippen LogP contribution in [0.3, 0.4) is 0 Å². The molecule has 0 saturated carbocycles. The van der Waals surface area contributed by atoms with E-state index in [1.54, 1.807) is 0 Å². The summed E-state index contributed by atoms with van der Waals surface area (Å²) in [5.41, 5.74) is 0. The Balaban J connectivity index is 1.54. The second-order valence-electron chi connectivity index (χ2n) is 7.61. The van der Waals surface area contributed by atoms with Crippen molar-refractivity contribution in [2.75, 3.05) is 40.1 Å². The molecule has 0 aliphatic carbocycles. The zero-order valence-electron chi connectivity index (χ0n) is 15.8. The topological polar surface area (TPSA) is 127 Å². The summed E-state index contributed by atoms with van der Waals surface area (Å²) in [7, 11) is 1.49. The minimum atomic E-state index is -1.02. The zero-order valence-corrected chi connectivity index (χ0v) is 15.8. The van der Waals surface area contributed by atoms with E-state index in [4.69, 9.17) is 23.7 Å². The molecule has 2 bridgehead atoms. The fraction of sp³-hybridized carbons (Fsp3) is 1.00. The quantitative estimate of drug-likeness (QED) is 0.382. The van der Waals surface area contributed by atoms with Crippen molar-refractivity contribution in [1.82, 2.24) is 0 Å². The number of methoxy groups -OCH3 is 1. The maximum atomic E-state index is 10.5. The molecular weight excluding hydrogens is 360 g/mol. The lowest BCUT2D eigenvalue weighted by Gasteiger charge is -2.42. The largest absolute Gasteiger partial charge is 0.394 e. The van der Waals surface area contributed by atoms with Crippen LogP contribution in [-0.4, -0.2) is 109 Å². The molecule has 10 atom stereocenters. The van der Waals surface area contributed by atoms with Crippen molar-refractivity contribution in [1.29, 1.82) is 0 Å². The number of fused-ring (bicyclic) bond motifs is 2. The van der Waals surface area contributed by atoms with Crippen LogP contribution in [0.1, 0.15) is 13.3 Å². The number of aliphatic hydroxyl groups excluding tert-OH is 4. The molecule has 0 spiro atoms. The average molecular weight is 392 g/mol. The molecule has 0 radical (unpaired) electrons. The molecule has 9 nitrogen and oxygen atoms in total. The predicted molar refractivity (Wildman–Crippen MR) is 92.1 cm³/mol. The molecule has 9 heteroatoms. The van der Waals surface area contributed by atoms with Gasteiger partial charge in [-0.15, -0.1) is 0 Å². The summed E-state index contributed by atoms with van der Waals surface area (Å²) in [6.45, 7) is 2.59. The highest BCUT2D eigenvalue weighted by molar-refractivity contribution is 4.97. The summed E-state index contributed by atoms with van der Waals surface area (Å²) in [5, 5.41) is 40.5. The second kappa shape index (κ2) is 9.43. The molecule has 3 heterocycles. The van der Waals surface area contributed by atoms with E-state index < -0.39 is 36.4 Å². The normalized spacial score (nSPS) is 47.3. The third-order valence-corrected chi connectivity index (χ3v) is 5.94. The van der Waals surface area contributed by atoms with Crippen LogP contribution in [0.15, 0.2) is 0 Å². The highest BCUT2D eigenvalue weighted by Crippen LogP contribution is 2.36. The highest BCUT2D eigenvalue weighted by Gasteiger charge is 2.50. The van der Waals surface area contributed by atoms with Crippen molar-refractivity contribution in [3.05, 3.63) is 0 Å². The third-order valence-electron chi connectivity index (χ3n) is 5.94. The van der Waals surface area contributed by atoms with Gasteiger partial charge in [0.15, 0.2) is 0 Å². The van der Waals surface area contributed by atoms with Crippen LogP contribution in [0, 0.1) is 11.8 Å². The van der Waals surface area contributed by atoms with Crippen molar-refractivity contribution >= 4 is 0 Å². The highest BCUT2D eigenvalue weighted by atomic mass is 16.6. The van der Waals surface area contributed by atoms with Crippen molar-refractivity contribution in [2.24, 2.45) is 11.8 Å². The molecule has 0 aromatic rings. The molecule has 0 aromatic heterocycles. The van der Waals surface area contributed by atoms with Gasteiger partial charge in [-0.25, -0.2) is 0 Å². The minimum Gasteiger partial charge on any atom is -0.394 e. The van der Waals surface area contributed by atoms with Gasteiger partial charge < -0.3 is 44.1 Å². The maximum absolute atomic E-state index is 10.5. The first-order chi connectivity index (χ1) is 13.0. The zero-order chi connectivity index (χ0) is 19.6. The fourth-order valence-corrected chi connectivity index (χ4v) is 4.35. The van der Waals surface area contributed by atoms with Crippen molar-refractivity contribution in [2.45, 2.75) is 62.2 Å². The Morgan fingerprint density at radius 3 is 2.30 bits per heavy atom. The Morgan fingerprint density at radius 1 is 0.889 bits per heavy atom. The smallest absolute Gasteiger partial charge is 0.108 e. The van der Waals surface area contributed by atoms with Gasteiger partial charge in [0.05, 0.1) is 63.6 Å². The summed E-state index contributed by atoms with van der Waals surface area (Å²) >= 11 is 0. The van der Waals surface area contributed by atoms with E-state index in [-0.39, 0.29) is 44.1 Å². The molecule has 3 rings (SSSR count). The molecule has 0 amide bonds. The summed E-state index contributed by atoms with van der Waals surface area (Å²) in [4.78, 5) is 0. The molecule has 0 aromatic carbocycles. The lowest BCUT2D eigenvalue weighted by molar-refractivity contribution is -0.230. The average Bonchev–Trinajstić information content (AvgIpc) is 2.98. The molecule has 3 fully saturated rings. The number of hydrogen-bond donors (Lipinski definition) is 4. The van der Waals surface area contributed by atoms with Crippen LogP contribution in [0.4, 0.5) is 0 Å². The summed E-state index contributed by atoms with van der Waals surface area (Å²) in [6, 6.07) is 0. The monoisotopic (exact) mass is 392 g/mol. The molecule has 27 heavy (non-hydrogen) atoms. The van der Waals surface area contributed by atoms with Crippen LogP contribution in [0.5, 0.6) is 0 Å². The Bertz CT molecular complexity index is 464. The molecule has 158 valence electrons. The summed E-state index contributed by atoms with van der Waals surface area (Å²) < 4.78 is 28.0. The number of hydrogen-bond acceptors (Lipinski definition) is 9. The van der Waals surface area contributed by atoms with Gasteiger partial charge in [-0.1, -0.05) is 6.92 Å². The van der Waals surface area contributed by atoms with Crippen molar-refractivity contribution in [3.63, 3.8) is 0 Å². The van der Waals surface area contributed by atoms with E-state index in [0.717, 1.165) is 6.42 Å². The van der Waals surface area contributed by atoms with E-state index >= 15 is 0 Å². The molecule has 5 unspecified atom stereocenters. The summed E-state index contributed by atoms with van der Waals surface area (Å²) in [6.07, 6.45) is -4.10. The predicted octanol–water partition coefficient (Wildman–Crippen LogP) is -1.70. The molecule has 3 aliphatic heterocycles. The van der Waals surface area contributed by atoms with Gasteiger partial charge in [-0.2, -0.15) is 0 Å². The van der Waals surface area contributed by atoms with Gasteiger partial charge in [0.2, 0.25) is 0 Å². The molecular formula is C18H32O9.